The van der Waals surface area contributed by atoms with Crippen LogP contribution in [0.3, 0.4) is 0 Å². The summed E-state index contributed by atoms with van der Waals surface area (Å²) in [5.41, 5.74) is 2.69. The Hall–Kier alpha value is -3.65. The Morgan fingerprint density at radius 2 is 1.77 bits per heavy atom. The maximum Gasteiger partial charge on any atom is 0.328 e. The molecule has 5 amide bonds. The van der Waals surface area contributed by atoms with E-state index in [9.17, 15) is 19.2 Å². The number of carbonyl (C=O) groups excluding carboxylic acids is 4. The number of amides is 5. The fourth-order valence-corrected chi connectivity index (χ4v) is 2.99. The summed E-state index contributed by atoms with van der Waals surface area (Å²) in [6.07, 6.45) is 1.24. The minimum Gasteiger partial charge on any atom is -0.483 e. The van der Waals surface area contributed by atoms with Crippen molar-refractivity contribution in [1.29, 1.82) is 0 Å². The molecule has 3 rings (SSSR count). The normalized spacial score (nSPS) is 13.4. The first-order chi connectivity index (χ1) is 14.2. The minimum atomic E-state index is -0.896. The second-order valence-corrected chi connectivity index (χ2v) is 7.07. The van der Waals surface area contributed by atoms with E-state index in [1.807, 2.05) is 42.7 Å². The predicted molar refractivity (Wildman–Crippen MR) is 111 cm³/mol. The molecule has 1 aliphatic heterocycles. The van der Waals surface area contributed by atoms with Gasteiger partial charge < -0.3 is 10.1 Å². The Balaban J connectivity index is 1.76. The lowest BCUT2D eigenvalue weighted by Gasteiger charge is -2.15. The molecule has 2 aromatic carbocycles. The maximum absolute atomic E-state index is 12.3. The number of ether oxygens (including phenoxy) is 1. The molecule has 8 nitrogen and oxygen atoms in total. The molecule has 154 valence electrons. The average Bonchev–Trinajstić information content (AvgIpc) is 2.66. The van der Waals surface area contributed by atoms with Crippen LogP contribution >= 0.6 is 11.6 Å². The molecule has 30 heavy (non-hydrogen) atoms. The third-order valence-corrected chi connectivity index (χ3v) is 4.46. The van der Waals surface area contributed by atoms with Crippen LogP contribution in [0.5, 0.6) is 5.75 Å². The lowest BCUT2D eigenvalue weighted by Crippen LogP contribution is -2.51. The zero-order valence-electron chi connectivity index (χ0n) is 16.2. The molecule has 0 radical (unpaired) electrons. The third kappa shape index (κ3) is 5.03. The van der Waals surface area contributed by atoms with Gasteiger partial charge in [-0.2, -0.15) is 0 Å². The molecule has 0 bridgehead atoms. The van der Waals surface area contributed by atoms with Crippen LogP contribution in [0.4, 0.5) is 10.5 Å². The molecule has 0 atom stereocenters. The summed E-state index contributed by atoms with van der Waals surface area (Å²) in [5.74, 6) is -1.83. The second kappa shape index (κ2) is 8.79. The zero-order valence-corrected chi connectivity index (χ0v) is 16.9. The molecule has 2 aromatic rings. The molecule has 1 saturated heterocycles. The quantitative estimate of drug-likeness (QED) is 0.501. The molecular formula is C21H18ClN3O5. The third-order valence-electron chi connectivity index (χ3n) is 4.23. The van der Waals surface area contributed by atoms with Crippen molar-refractivity contribution in [2.24, 2.45) is 0 Å². The molecule has 3 N–H and O–H groups in total. The molecule has 9 heteroatoms. The van der Waals surface area contributed by atoms with E-state index >= 15 is 0 Å². The van der Waals surface area contributed by atoms with Gasteiger partial charge in [0.1, 0.15) is 11.3 Å². The van der Waals surface area contributed by atoms with Crippen molar-refractivity contribution in [3.63, 3.8) is 0 Å². The summed E-state index contributed by atoms with van der Waals surface area (Å²) in [4.78, 5) is 47.4. The monoisotopic (exact) mass is 427 g/mol. The number of imide groups is 2. The Kier molecular flexibility index (Phi) is 6.17. The van der Waals surface area contributed by atoms with Crippen LogP contribution in [0.25, 0.3) is 6.08 Å². The molecular weight excluding hydrogens is 410 g/mol. The largest absolute Gasteiger partial charge is 0.483 e. The SMILES string of the molecule is Cc1ccc(NC(=O)COc2ccc(Cl)cc2C=C2C(=O)NC(=O)NC2=O)c(C)c1. The van der Waals surface area contributed by atoms with Crippen molar-refractivity contribution in [3.8, 4) is 5.75 Å². The van der Waals surface area contributed by atoms with Crippen LogP contribution in [-0.2, 0) is 14.4 Å². The van der Waals surface area contributed by atoms with Crippen molar-refractivity contribution in [3.05, 3.63) is 63.7 Å². The van der Waals surface area contributed by atoms with Crippen molar-refractivity contribution < 1.29 is 23.9 Å². The Bertz CT molecular complexity index is 1070. The Labute approximate surface area is 177 Å². The van der Waals surface area contributed by atoms with E-state index in [1.165, 1.54) is 18.2 Å². The number of urea groups is 1. The zero-order chi connectivity index (χ0) is 21.8. The lowest BCUT2D eigenvalue weighted by atomic mass is 10.1. The first kappa shape index (κ1) is 21.1. The van der Waals surface area contributed by atoms with Crippen LogP contribution in [0, 0.1) is 13.8 Å². The highest BCUT2D eigenvalue weighted by Gasteiger charge is 2.28. The Morgan fingerprint density at radius 3 is 2.43 bits per heavy atom. The van der Waals surface area contributed by atoms with E-state index in [2.05, 4.69) is 5.32 Å². The van der Waals surface area contributed by atoms with E-state index in [1.54, 1.807) is 6.07 Å². The summed E-state index contributed by atoms with van der Waals surface area (Å²) in [7, 11) is 0. The number of benzene rings is 2. The second-order valence-electron chi connectivity index (χ2n) is 6.63. The van der Waals surface area contributed by atoms with Gasteiger partial charge in [-0.1, -0.05) is 29.3 Å². The molecule has 1 fully saturated rings. The van der Waals surface area contributed by atoms with E-state index in [4.69, 9.17) is 16.3 Å². The number of hydrogen-bond acceptors (Lipinski definition) is 5. The first-order valence-electron chi connectivity index (χ1n) is 8.91. The summed E-state index contributed by atoms with van der Waals surface area (Å²) in [5, 5.41) is 7.07. The van der Waals surface area contributed by atoms with Gasteiger partial charge in [0.2, 0.25) is 0 Å². The van der Waals surface area contributed by atoms with Gasteiger partial charge in [0.25, 0.3) is 17.7 Å². The van der Waals surface area contributed by atoms with Crippen LogP contribution in [-0.4, -0.2) is 30.4 Å². The number of anilines is 1. The molecule has 0 spiro atoms. The minimum absolute atomic E-state index is 0.236. The molecule has 0 unspecified atom stereocenters. The summed E-state index contributed by atoms with van der Waals surface area (Å²) >= 11 is 6.01. The van der Waals surface area contributed by atoms with Gasteiger partial charge in [-0.3, -0.25) is 25.0 Å². The highest BCUT2D eigenvalue weighted by atomic mass is 35.5. The molecule has 1 aliphatic rings. The van der Waals surface area contributed by atoms with Gasteiger partial charge in [-0.25, -0.2) is 4.79 Å². The predicted octanol–water partition coefficient (Wildman–Crippen LogP) is 2.72. The van der Waals surface area contributed by atoms with Crippen LogP contribution in [0.15, 0.2) is 42.0 Å². The van der Waals surface area contributed by atoms with Crippen LogP contribution < -0.4 is 20.7 Å². The lowest BCUT2D eigenvalue weighted by molar-refractivity contribution is -0.124. The van der Waals surface area contributed by atoms with Crippen molar-refractivity contribution in [1.82, 2.24) is 10.6 Å². The van der Waals surface area contributed by atoms with E-state index in [-0.39, 0.29) is 23.8 Å². The number of barbiturate groups is 1. The number of aryl methyl sites for hydroxylation is 2. The van der Waals surface area contributed by atoms with E-state index in [0.29, 0.717) is 16.3 Å². The average molecular weight is 428 g/mol. The highest BCUT2D eigenvalue weighted by molar-refractivity contribution is 6.32. The van der Waals surface area contributed by atoms with Gasteiger partial charge in [0, 0.05) is 16.3 Å². The summed E-state index contributed by atoms with van der Waals surface area (Å²) < 4.78 is 5.58. The fourth-order valence-electron chi connectivity index (χ4n) is 2.81. The van der Waals surface area contributed by atoms with Gasteiger partial charge in [0.05, 0.1) is 0 Å². The van der Waals surface area contributed by atoms with E-state index < -0.39 is 17.8 Å². The summed E-state index contributed by atoms with van der Waals surface area (Å²) in [6.45, 7) is 3.54. The molecule has 1 heterocycles. The van der Waals surface area contributed by atoms with Gasteiger partial charge in [0.15, 0.2) is 6.61 Å². The number of carbonyl (C=O) groups is 4. The number of nitrogens with one attached hydrogen (secondary N) is 3. The van der Waals surface area contributed by atoms with Crippen molar-refractivity contribution >= 4 is 47.1 Å². The van der Waals surface area contributed by atoms with Gasteiger partial charge in [-0.15, -0.1) is 0 Å². The first-order valence-corrected chi connectivity index (χ1v) is 9.28. The topological polar surface area (TPSA) is 114 Å². The molecule has 0 saturated carbocycles. The molecule has 0 aromatic heterocycles. The summed E-state index contributed by atoms with van der Waals surface area (Å²) in [6, 6.07) is 9.29. The highest BCUT2D eigenvalue weighted by Crippen LogP contribution is 2.26. The smallest absolute Gasteiger partial charge is 0.328 e. The number of hydrogen-bond donors (Lipinski definition) is 3. The van der Waals surface area contributed by atoms with Crippen molar-refractivity contribution in [2.75, 3.05) is 11.9 Å². The molecule has 0 aliphatic carbocycles. The maximum atomic E-state index is 12.3. The number of halogens is 1. The Morgan fingerprint density at radius 1 is 1.07 bits per heavy atom. The van der Waals surface area contributed by atoms with E-state index in [0.717, 1.165) is 11.1 Å². The van der Waals surface area contributed by atoms with Crippen LogP contribution in [0.2, 0.25) is 5.02 Å². The number of rotatable bonds is 5. The fraction of sp³-hybridized carbons (Fsp3) is 0.143. The van der Waals surface area contributed by atoms with Gasteiger partial charge >= 0.3 is 6.03 Å². The van der Waals surface area contributed by atoms with Crippen molar-refractivity contribution in [2.45, 2.75) is 13.8 Å². The van der Waals surface area contributed by atoms with Gasteiger partial charge in [-0.05, 0) is 49.8 Å². The van der Waals surface area contributed by atoms with Crippen LogP contribution in [0.1, 0.15) is 16.7 Å². The standard InChI is InChI=1S/C21H18ClN3O5/c1-11-3-5-16(12(2)7-11)23-18(26)10-30-17-6-4-14(22)8-13(17)9-15-19(27)24-21(29)25-20(15)28/h3-9H,10H2,1-2H3,(H,23,26)(H2,24,25,27,28,29).